The number of carboxylic acids is 1. The van der Waals surface area contributed by atoms with E-state index in [-0.39, 0.29) is 18.9 Å². The largest absolute Gasteiger partial charge is 0.480 e. The monoisotopic (exact) mass is 351 g/mol. The minimum atomic E-state index is -1.00. The predicted octanol–water partition coefficient (Wildman–Crippen LogP) is 3.10. The van der Waals surface area contributed by atoms with E-state index in [1.807, 2.05) is 0 Å². The number of hydrogen-bond acceptors (Lipinski definition) is 3. The predicted molar refractivity (Wildman–Crippen MR) is 89.7 cm³/mol. The molecule has 1 atom stereocenters. The van der Waals surface area contributed by atoms with Crippen molar-refractivity contribution in [1.29, 1.82) is 0 Å². The Labute approximate surface area is 146 Å². The number of ether oxygens (including phenoxy) is 1. The maximum atomic E-state index is 12.9. The lowest BCUT2D eigenvalue weighted by Gasteiger charge is -2.42. The van der Waals surface area contributed by atoms with Crippen molar-refractivity contribution in [2.75, 3.05) is 6.61 Å². The number of aliphatic carboxylic acids is 1. The van der Waals surface area contributed by atoms with Crippen LogP contribution < -0.4 is 0 Å². The summed E-state index contributed by atoms with van der Waals surface area (Å²) in [5.41, 5.74) is 0.0683. The number of carbonyl (C=O) groups is 2. The molecule has 1 aromatic carbocycles. The van der Waals surface area contributed by atoms with Crippen molar-refractivity contribution in [2.24, 2.45) is 5.92 Å². The number of halogens is 1. The van der Waals surface area contributed by atoms with Crippen LogP contribution in [0.5, 0.6) is 0 Å². The van der Waals surface area contributed by atoms with E-state index in [0.717, 1.165) is 18.4 Å². The molecule has 5 nitrogen and oxygen atoms in total. The molecule has 130 valence electrons. The highest BCUT2D eigenvalue weighted by Crippen LogP contribution is 2.42. The molecule has 1 spiro atoms. The second-order valence-corrected chi connectivity index (χ2v) is 7.30. The summed E-state index contributed by atoms with van der Waals surface area (Å²) in [4.78, 5) is 26.0. The molecule has 3 rings (SSSR count). The lowest BCUT2D eigenvalue weighted by atomic mass is 9.83. The van der Waals surface area contributed by atoms with E-state index in [4.69, 9.17) is 16.3 Å². The Morgan fingerprint density at radius 2 is 1.92 bits per heavy atom. The zero-order chi connectivity index (χ0) is 17.3. The first-order chi connectivity index (χ1) is 11.4. The standard InChI is InChI=1S/C18H22ClNO4/c1-12-6-8-18(9-7-12)20(15(11-24-18)17(22)23)16(21)10-13-2-4-14(19)5-3-13/h2-5,12,15H,6-11H2,1H3,(H,22,23). The summed E-state index contributed by atoms with van der Waals surface area (Å²) in [6.07, 6.45) is 3.43. The molecule has 0 radical (unpaired) electrons. The van der Waals surface area contributed by atoms with E-state index in [0.29, 0.717) is 23.8 Å². The van der Waals surface area contributed by atoms with E-state index in [1.165, 1.54) is 4.90 Å². The first kappa shape index (κ1) is 17.2. The third-order valence-corrected chi connectivity index (χ3v) is 5.39. The molecule has 2 fully saturated rings. The van der Waals surface area contributed by atoms with Crippen LogP contribution in [-0.2, 0) is 20.7 Å². The quantitative estimate of drug-likeness (QED) is 0.908. The van der Waals surface area contributed by atoms with Crippen molar-refractivity contribution in [3.05, 3.63) is 34.9 Å². The zero-order valence-electron chi connectivity index (χ0n) is 13.7. The van der Waals surface area contributed by atoms with Gasteiger partial charge in [0.15, 0.2) is 6.04 Å². The van der Waals surface area contributed by atoms with Gasteiger partial charge >= 0.3 is 5.97 Å². The van der Waals surface area contributed by atoms with Crippen LogP contribution >= 0.6 is 11.6 Å². The summed E-state index contributed by atoms with van der Waals surface area (Å²) in [6.45, 7) is 2.24. The van der Waals surface area contributed by atoms with Gasteiger partial charge in [0.25, 0.3) is 0 Å². The number of carboxylic acid groups (broad SMARTS) is 1. The third kappa shape index (κ3) is 3.28. The second kappa shape index (κ2) is 6.73. The highest BCUT2D eigenvalue weighted by Gasteiger charge is 2.53. The third-order valence-electron chi connectivity index (χ3n) is 5.14. The fraction of sp³-hybridized carbons (Fsp3) is 0.556. The molecule has 0 bridgehead atoms. The number of benzene rings is 1. The summed E-state index contributed by atoms with van der Waals surface area (Å²) in [5, 5.41) is 10.1. The molecule has 1 saturated heterocycles. The van der Waals surface area contributed by atoms with Crippen molar-refractivity contribution >= 4 is 23.5 Å². The Morgan fingerprint density at radius 3 is 2.50 bits per heavy atom. The maximum Gasteiger partial charge on any atom is 0.328 e. The molecule has 1 saturated carbocycles. The summed E-state index contributed by atoms with van der Waals surface area (Å²) < 4.78 is 5.90. The Bertz CT molecular complexity index is 622. The van der Waals surface area contributed by atoms with Gasteiger partial charge in [-0.05, 0) is 49.3 Å². The molecule has 1 aliphatic carbocycles. The molecule has 6 heteroatoms. The van der Waals surface area contributed by atoms with Gasteiger partial charge in [0.2, 0.25) is 5.91 Å². The normalized spacial score (nSPS) is 29.8. The smallest absolute Gasteiger partial charge is 0.328 e. The van der Waals surface area contributed by atoms with E-state index >= 15 is 0 Å². The molecule has 1 N–H and O–H groups in total. The molecule has 0 aromatic heterocycles. The molecule has 1 heterocycles. The van der Waals surface area contributed by atoms with Gasteiger partial charge in [0.05, 0.1) is 13.0 Å². The topological polar surface area (TPSA) is 66.8 Å². The van der Waals surface area contributed by atoms with Crippen LogP contribution in [0.15, 0.2) is 24.3 Å². The van der Waals surface area contributed by atoms with E-state index in [1.54, 1.807) is 24.3 Å². The zero-order valence-corrected chi connectivity index (χ0v) is 14.5. The first-order valence-corrected chi connectivity index (χ1v) is 8.72. The van der Waals surface area contributed by atoms with Crippen molar-refractivity contribution in [2.45, 2.75) is 50.8 Å². The molecule has 1 amide bonds. The van der Waals surface area contributed by atoms with Gasteiger partial charge in [-0.25, -0.2) is 4.79 Å². The molecule has 1 aliphatic heterocycles. The number of nitrogens with zero attached hydrogens (tertiary/aromatic N) is 1. The average molecular weight is 352 g/mol. The summed E-state index contributed by atoms with van der Waals surface area (Å²) >= 11 is 5.88. The molecule has 1 unspecified atom stereocenters. The van der Waals surface area contributed by atoms with Gasteiger partial charge < -0.3 is 9.84 Å². The summed E-state index contributed by atoms with van der Waals surface area (Å²) in [5.74, 6) is -0.622. The molecule has 2 aliphatic rings. The van der Waals surface area contributed by atoms with Crippen molar-refractivity contribution in [3.8, 4) is 0 Å². The lowest BCUT2D eigenvalue weighted by Crippen LogP contribution is -2.55. The van der Waals surface area contributed by atoms with Gasteiger partial charge in [0, 0.05) is 5.02 Å². The Kier molecular flexibility index (Phi) is 4.83. The van der Waals surface area contributed by atoms with Crippen LogP contribution in [0.3, 0.4) is 0 Å². The number of carbonyl (C=O) groups excluding carboxylic acids is 1. The minimum absolute atomic E-state index is 0.0655. The minimum Gasteiger partial charge on any atom is -0.480 e. The van der Waals surface area contributed by atoms with Crippen LogP contribution in [0.2, 0.25) is 5.02 Å². The average Bonchev–Trinajstić information content (AvgIpc) is 2.92. The summed E-state index contributed by atoms with van der Waals surface area (Å²) in [7, 11) is 0. The summed E-state index contributed by atoms with van der Waals surface area (Å²) in [6, 6.07) is 6.15. The van der Waals surface area contributed by atoms with Crippen molar-refractivity contribution in [3.63, 3.8) is 0 Å². The molecule has 1 aromatic rings. The molecular weight excluding hydrogens is 330 g/mol. The van der Waals surface area contributed by atoms with Crippen LogP contribution in [-0.4, -0.2) is 40.3 Å². The van der Waals surface area contributed by atoms with Gasteiger partial charge in [-0.1, -0.05) is 30.7 Å². The Morgan fingerprint density at radius 1 is 1.29 bits per heavy atom. The first-order valence-electron chi connectivity index (χ1n) is 8.35. The Hall–Kier alpha value is -1.59. The van der Waals surface area contributed by atoms with E-state index in [9.17, 15) is 14.7 Å². The van der Waals surface area contributed by atoms with Crippen LogP contribution in [0, 0.1) is 5.92 Å². The van der Waals surface area contributed by atoms with E-state index in [2.05, 4.69) is 6.92 Å². The SMILES string of the molecule is CC1CCC2(CC1)OCC(C(=O)O)N2C(=O)Cc1ccc(Cl)cc1. The van der Waals surface area contributed by atoms with Gasteiger partial charge in [-0.15, -0.1) is 0 Å². The fourth-order valence-corrected chi connectivity index (χ4v) is 3.83. The lowest BCUT2D eigenvalue weighted by molar-refractivity contribution is -0.164. The fourth-order valence-electron chi connectivity index (χ4n) is 3.71. The molecular formula is C18H22ClNO4. The number of hydrogen-bond donors (Lipinski definition) is 1. The van der Waals surface area contributed by atoms with Gasteiger partial charge in [0.1, 0.15) is 5.72 Å². The highest BCUT2D eigenvalue weighted by molar-refractivity contribution is 6.30. The Balaban J connectivity index is 1.83. The van der Waals surface area contributed by atoms with Gasteiger partial charge in [-0.2, -0.15) is 0 Å². The van der Waals surface area contributed by atoms with E-state index < -0.39 is 17.7 Å². The maximum absolute atomic E-state index is 12.9. The second-order valence-electron chi connectivity index (χ2n) is 6.86. The van der Waals surface area contributed by atoms with Crippen LogP contribution in [0.25, 0.3) is 0 Å². The molecule has 24 heavy (non-hydrogen) atoms. The van der Waals surface area contributed by atoms with Crippen LogP contribution in [0.4, 0.5) is 0 Å². The highest BCUT2D eigenvalue weighted by atomic mass is 35.5. The number of rotatable bonds is 3. The van der Waals surface area contributed by atoms with Crippen molar-refractivity contribution < 1.29 is 19.4 Å². The van der Waals surface area contributed by atoms with Gasteiger partial charge in [-0.3, -0.25) is 9.69 Å². The van der Waals surface area contributed by atoms with Crippen LogP contribution in [0.1, 0.15) is 38.2 Å². The number of amides is 1. The van der Waals surface area contributed by atoms with Crippen molar-refractivity contribution in [1.82, 2.24) is 4.90 Å².